The summed E-state index contributed by atoms with van der Waals surface area (Å²) in [7, 11) is 0. The van der Waals surface area contributed by atoms with Gasteiger partial charge in [-0.25, -0.2) is 0 Å². The van der Waals surface area contributed by atoms with Crippen LogP contribution in [-0.2, 0) is 6.42 Å². The number of aryl methyl sites for hydroxylation is 1. The van der Waals surface area contributed by atoms with Gasteiger partial charge in [0.05, 0.1) is 6.20 Å². The average molecular weight is 255 g/mol. The Hall–Kier alpha value is -2.17. The van der Waals surface area contributed by atoms with Crippen molar-refractivity contribution >= 4 is 17.5 Å². The molecule has 1 aliphatic carbocycles. The van der Waals surface area contributed by atoms with E-state index in [2.05, 4.69) is 44.9 Å². The van der Waals surface area contributed by atoms with Crippen LogP contribution in [0, 0.1) is 0 Å². The average Bonchev–Trinajstić information content (AvgIpc) is 3.24. The van der Waals surface area contributed by atoms with Gasteiger partial charge in [-0.3, -0.25) is 0 Å². The molecular weight excluding hydrogens is 238 g/mol. The van der Waals surface area contributed by atoms with E-state index in [0.29, 0.717) is 12.0 Å². The molecule has 2 N–H and O–H groups in total. The van der Waals surface area contributed by atoms with Crippen LogP contribution in [0.2, 0.25) is 0 Å². The van der Waals surface area contributed by atoms with Crippen molar-refractivity contribution in [3.05, 3.63) is 36.0 Å². The highest BCUT2D eigenvalue weighted by molar-refractivity contribution is 5.60. The quantitative estimate of drug-likeness (QED) is 0.860. The van der Waals surface area contributed by atoms with E-state index in [9.17, 15) is 0 Å². The monoisotopic (exact) mass is 255 g/mol. The van der Waals surface area contributed by atoms with Crippen LogP contribution < -0.4 is 10.6 Å². The molecular formula is C14H17N5. The number of nitrogens with zero attached hydrogens (tertiary/aromatic N) is 3. The number of hydrogen-bond acceptors (Lipinski definition) is 5. The van der Waals surface area contributed by atoms with Gasteiger partial charge in [0.1, 0.15) is 0 Å². The van der Waals surface area contributed by atoms with E-state index >= 15 is 0 Å². The zero-order chi connectivity index (χ0) is 13.1. The lowest BCUT2D eigenvalue weighted by molar-refractivity contribution is 0.947. The fourth-order valence-electron chi connectivity index (χ4n) is 1.92. The van der Waals surface area contributed by atoms with E-state index in [-0.39, 0.29) is 0 Å². The second-order valence-corrected chi connectivity index (χ2v) is 4.72. The van der Waals surface area contributed by atoms with E-state index in [1.165, 1.54) is 18.4 Å². The smallest absolute Gasteiger partial charge is 0.244 e. The number of para-hydroxylation sites is 1. The normalized spacial score (nSPS) is 14.2. The highest BCUT2D eigenvalue weighted by Crippen LogP contribution is 2.24. The summed E-state index contributed by atoms with van der Waals surface area (Å²) in [5.41, 5.74) is 2.33. The van der Waals surface area contributed by atoms with Crippen LogP contribution in [0.5, 0.6) is 0 Å². The molecule has 0 bridgehead atoms. The van der Waals surface area contributed by atoms with Crippen LogP contribution in [0.3, 0.4) is 0 Å². The molecule has 0 saturated heterocycles. The Balaban J connectivity index is 1.78. The van der Waals surface area contributed by atoms with Crippen molar-refractivity contribution in [3.63, 3.8) is 0 Å². The topological polar surface area (TPSA) is 62.7 Å². The van der Waals surface area contributed by atoms with Gasteiger partial charge in [0, 0.05) is 11.7 Å². The molecule has 0 spiro atoms. The van der Waals surface area contributed by atoms with Crippen LogP contribution in [-0.4, -0.2) is 21.2 Å². The molecule has 0 atom stereocenters. The third-order valence-electron chi connectivity index (χ3n) is 3.13. The highest BCUT2D eigenvalue weighted by Gasteiger charge is 2.22. The molecule has 0 radical (unpaired) electrons. The van der Waals surface area contributed by atoms with Gasteiger partial charge in [0.2, 0.25) is 5.95 Å². The maximum absolute atomic E-state index is 4.43. The van der Waals surface area contributed by atoms with Crippen molar-refractivity contribution in [3.8, 4) is 0 Å². The molecule has 19 heavy (non-hydrogen) atoms. The van der Waals surface area contributed by atoms with E-state index in [1.54, 1.807) is 6.20 Å². The summed E-state index contributed by atoms with van der Waals surface area (Å²) in [6.45, 7) is 2.14. The molecule has 1 aliphatic rings. The van der Waals surface area contributed by atoms with Gasteiger partial charge in [0.15, 0.2) is 5.82 Å². The Morgan fingerprint density at radius 3 is 2.89 bits per heavy atom. The minimum absolute atomic E-state index is 0.528. The molecule has 5 heteroatoms. The third-order valence-corrected chi connectivity index (χ3v) is 3.13. The number of hydrogen-bond donors (Lipinski definition) is 2. The van der Waals surface area contributed by atoms with Crippen LogP contribution in [0.15, 0.2) is 30.5 Å². The Morgan fingerprint density at radius 1 is 1.26 bits per heavy atom. The first-order valence-electron chi connectivity index (χ1n) is 6.66. The SMILES string of the molecule is CCc1ccccc1Nc1cnnc(NC2CC2)n1. The molecule has 98 valence electrons. The van der Waals surface area contributed by atoms with Crippen LogP contribution in [0.4, 0.5) is 17.5 Å². The van der Waals surface area contributed by atoms with Crippen molar-refractivity contribution in [1.82, 2.24) is 15.2 Å². The highest BCUT2D eigenvalue weighted by atomic mass is 15.3. The van der Waals surface area contributed by atoms with Crippen molar-refractivity contribution < 1.29 is 0 Å². The van der Waals surface area contributed by atoms with Crippen LogP contribution in [0.1, 0.15) is 25.3 Å². The van der Waals surface area contributed by atoms with Crippen LogP contribution >= 0.6 is 0 Å². The number of anilines is 3. The molecule has 0 unspecified atom stereocenters. The van der Waals surface area contributed by atoms with Gasteiger partial charge in [-0.1, -0.05) is 25.1 Å². The fourth-order valence-corrected chi connectivity index (χ4v) is 1.92. The van der Waals surface area contributed by atoms with Crippen LogP contribution in [0.25, 0.3) is 0 Å². The number of rotatable bonds is 5. The zero-order valence-electron chi connectivity index (χ0n) is 10.9. The zero-order valence-corrected chi connectivity index (χ0v) is 10.9. The molecule has 2 aromatic rings. The predicted molar refractivity (Wildman–Crippen MR) is 75.6 cm³/mol. The molecule has 5 nitrogen and oxygen atoms in total. The third kappa shape index (κ3) is 2.99. The first-order chi connectivity index (χ1) is 9.35. The van der Waals surface area contributed by atoms with E-state index in [0.717, 1.165) is 17.9 Å². The summed E-state index contributed by atoms with van der Waals surface area (Å²) in [5, 5.41) is 14.5. The maximum Gasteiger partial charge on any atom is 0.244 e. The molecule has 1 fully saturated rings. The first kappa shape index (κ1) is 11.9. The van der Waals surface area contributed by atoms with Gasteiger partial charge >= 0.3 is 0 Å². The molecule has 0 amide bonds. The second-order valence-electron chi connectivity index (χ2n) is 4.72. The standard InChI is InChI=1S/C14H17N5/c1-2-10-5-3-4-6-12(10)17-13-9-15-19-14(18-13)16-11-7-8-11/h3-6,9,11H,2,7-8H2,1H3,(H2,16,17,18,19). The van der Waals surface area contributed by atoms with Gasteiger partial charge in [-0.05, 0) is 30.9 Å². The predicted octanol–water partition coefficient (Wildman–Crippen LogP) is 2.75. The minimum atomic E-state index is 0.528. The first-order valence-corrected chi connectivity index (χ1v) is 6.66. The molecule has 1 aromatic heterocycles. The van der Waals surface area contributed by atoms with Gasteiger partial charge in [-0.2, -0.15) is 10.1 Å². The van der Waals surface area contributed by atoms with Crippen molar-refractivity contribution in [2.45, 2.75) is 32.2 Å². The minimum Gasteiger partial charge on any atom is -0.350 e. The lowest BCUT2D eigenvalue weighted by Gasteiger charge is -2.10. The number of aromatic nitrogens is 3. The summed E-state index contributed by atoms with van der Waals surface area (Å²) in [4.78, 5) is 4.43. The van der Waals surface area contributed by atoms with Gasteiger partial charge in [-0.15, -0.1) is 5.10 Å². The Kier molecular flexibility index (Phi) is 3.27. The largest absolute Gasteiger partial charge is 0.350 e. The Morgan fingerprint density at radius 2 is 2.11 bits per heavy atom. The summed E-state index contributed by atoms with van der Waals surface area (Å²) in [5.74, 6) is 1.32. The molecule has 3 rings (SSSR count). The molecule has 0 aliphatic heterocycles. The lowest BCUT2D eigenvalue weighted by atomic mass is 10.1. The second kappa shape index (κ2) is 5.22. The number of nitrogens with one attached hydrogen (secondary N) is 2. The summed E-state index contributed by atoms with van der Waals surface area (Å²) in [6, 6.07) is 8.75. The lowest BCUT2D eigenvalue weighted by Crippen LogP contribution is -2.08. The molecule has 1 heterocycles. The molecule has 1 aromatic carbocycles. The molecule has 1 saturated carbocycles. The summed E-state index contributed by atoms with van der Waals surface area (Å²) < 4.78 is 0. The Bertz CT molecular complexity index is 565. The number of benzene rings is 1. The van der Waals surface area contributed by atoms with Crippen molar-refractivity contribution in [2.24, 2.45) is 0 Å². The van der Waals surface area contributed by atoms with Gasteiger partial charge in [0.25, 0.3) is 0 Å². The summed E-state index contributed by atoms with van der Waals surface area (Å²) in [6.07, 6.45) is 5.01. The van der Waals surface area contributed by atoms with E-state index in [4.69, 9.17) is 0 Å². The Labute approximate surface area is 112 Å². The van der Waals surface area contributed by atoms with Crippen molar-refractivity contribution in [1.29, 1.82) is 0 Å². The summed E-state index contributed by atoms with van der Waals surface area (Å²) >= 11 is 0. The maximum atomic E-state index is 4.43. The van der Waals surface area contributed by atoms with Gasteiger partial charge < -0.3 is 10.6 Å². The fraction of sp³-hybridized carbons (Fsp3) is 0.357. The van der Waals surface area contributed by atoms with Crippen molar-refractivity contribution in [2.75, 3.05) is 10.6 Å². The van der Waals surface area contributed by atoms with E-state index < -0.39 is 0 Å². The van der Waals surface area contributed by atoms with E-state index in [1.807, 2.05) is 12.1 Å².